The second-order valence-corrected chi connectivity index (χ2v) is 8.89. The van der Waals surface area contributed by atoms with Crippen molar-refractivity contribution in [3.05, 3.63) is 58.4 Å². The summed E-state index contributed by atoms with van der Waals surface area (Å²) in [4.78, 5) is 6.28. The highest BCUT2D eigenvalue weighted by molar-refractivity contribution is 8.03. The molecule has 4 nitrogen and oxygen atoms in total. The number of hydrogen-bond donors (Lipinski definition) is 0. The number of para-hydroxylation sites is 1. The van der Waals surface area contributed by atoms with E-state index >= 15 is 0 Å². The number of pyridine rings is 1. The van der Waals surface area contributed by atoms with E-state index in [1.54, 1.807) is 0 Å². The largest absolute Gasteiger partial charge is 1.00 e. The third-order valence-electron chi connectivity index (χ3n) is 5.81. The highest BCUT2D eigenvalue weighted by Crippen LogP contribution is 2.46. The Balaban J connectivity index is 0.00000256. The Morgan fingerprint density at radius 2 is 1.80 bits per heavy atom. The van der Waals surface area contributed by atoms with Crippen molar-refractivity contribution in [2.75, 3.05) is 44.3 Å². The van der Waals surface area contributed by atoms with Crippen LogP contribution in [0.4, 0.5) is 5.69 Å². The summed E-state index contributed by atoms with van der Waals surface area (Å²) < 4.78 is 7.90. The van der Waals surface area contributed by atoms with E-state index in [1.807, 2.05) is 11.8 Å². The molecule has 1 aromatic carbocycles. The second kappa shape index (κ2) is 11.0. The fraction of sp³-hybridized carbons (Fsp3) is 0.458. The summed E-state index contributed by atoms with van der Waals surface area (Å²) in [7, 11) is 0. The van der Waals surface area contributed by atoms with Gasteiger partial charge in [-0.2, -0.15) is 0 Å². The van der Waals surface area contributed by atoms with E-state index in [1.165, 1.54) is 39.0 Å². The van der Waals surface area contributed by atoms with Gasteiger partial charge in [0.1, 0.15) is 6.54 Å². The lowest BCUT2D eigenvalue weighted by atomic mass is 10.1. The SMILES string of the molecule is CCN1/C(=C\c2cc(C)[n+](CCCN3CCOCC3)c(C)c2)Sc2ccccc21.[I-]. The van der Waals surface area contributed by atoms with Gasteiger partial charge in [0.05, 0.1) is 23.9 Å². The summed E-state index contributed by atoms with van der Waals surface area (Å²) in [5, 5.41) is 1.32. The van der Waals surface area contributed by atoms with Gasteiger partial charge in [-0.25, -0.2) is 4.57 Å². The minimum atomic E-state index is 0. The van der Waals surface area contributed by atoms with Gasteiger partial charge in [0.25, 0.3) is 0 Å². The Hall–Kier alpha value is -1.09. The van der Waals surface area contributed by atoms with Crippen molar-refractivity contribution >= 4 is 23.5 Å². The molecule has 3 heterocycles. The van der Waals surface area contributed by atoms with Crippen molar-refractivity contribution < 1.29 is 33.3 Å². The highest BCUT2D eigenvalue weighted by Gasteiger charge is 2.23. The van der Waals surface area contributed by atoms with Crippen LogP contribution in [0.1, 0.15) is 30.3 Å². The Kier molecular flexibility index (Phi) is 8.62. The van der Waals surface area contributed by atoms with Gasteiger partial charge >= 0.3 is 0 Å². The van der Waals surface area contributed by atoms with Crippen molar-refractivity contribution in [2.24, 2.45) is 0 Å². The number of aryl methyl sites for hydroxylation is 2. The van der Waals surface area contributed by atoms with Gasteiger partial charge in [-0.15, -0.1) is 0 Å². The van der Waals surface area contributed by atoms with Crippen LogP contribution in [0.25, 0.3) is 6.08 Å². The molecule has 0 radical (unpaired) electrons. The molecule has 0 unspecified atom stereocenters. The van der Waals surface area contributed by atoms with Gasteiger partial charge in [0.2, 0.25) is 0 Å². The van der Waals surface area contributed by atoms with Crippen molar-refractivity contribution in [1.82, 2.24) is 4.90 Å². The van der Waals surface area contributed by atoms with Crippen LogP contribution in [-0.2, 0) is 11.3 Å². The quantitative estimate of drug-likeness (QED) is 0.408. The molecule has 2 aliphatic heterocycles. The fourth-order valence-corrected chi connectivity index (χ4v) is 5.49. The first-order valence-electron chi connectivity index (χ1n) is 10.7. The second-order valence-electron chi connectivity index (χ2n) is 7.83. The maximum absolute atomic E-state index is 5.45. The maximum atomic E-state index is 5.45. The number of aromatic nitrogens is 1. The lowest BCUT2D eigenvalue weighted by Gasteiger charge is -2.26. The maximum Gasteiger partial charge on any atom is 0.179 e. The van der Waals surface area contributed by atoms with Crippen LogP contribution in [0.15, 0.2) is 46.3 Å². The van der Waals surface area contributed by atoms with Crippen LogP contribution in [0.2, 0.25) is 0 Å². The van der Waals surface area contributed by atoms with E-state index in [-0.39, 0.29) is 24.0 Å². The molecule has 0 saturated carbocycles. The Morgan fingerprint density at radius 1 is 1.10 bits per heavy atom. The monoisotopic (exact) mass is 537 g/mol. The van der Waals surface area contributed by atoms with E-state index in [4.69, 9.17) is 4.74 Å². The Morgan fingerprint density at radius 3 is 2.50 bits per heavy atom. The van der Waals surface area contributed by atoms with Crippen LogP contribution < -0.4 is 33.4 Å². The average molecular weight is 538 g/mol. The van der Waals surface area contributed by atoms with Gasteiger partial charge < -0.3 is 33.6 Å². The summed E-state index contributed by atoms with van der Waals surface area (Å²) in [6, 6.07) is 13.3. The van der Waals surface area contributed by atoms with Gasteiger partial charge in [0, 0.05) is 63.5 Å². The molecule has 1 fully saturated rings. The van der Waals surface area contributed by atoms with E-state index in [2.05, 4.69) is 77.6 Å². The molecule has 0 amide bonds. The third kappa shape index (κ3) is 5.39. The first kappa shape index (κ1) is 23.6. The van der Waals surface area contributed by atoms with Gasteiger partial charge in [-0.1, -0.05) is 23.9 Å². The molecule has 2 aliphatic rings. The summed E-state index contributed by atoms with van der Waals surface area (Å²) in [6.07, 6.45) is 3.52. The fourth-order valence-electron chi connectivity index (χ4n) is 4.30. The molecule has 0 aliphatic carbocycles. The zero-order valence-electron chi connectivity index (χ0n) is 18.2. The molecule has 1 saturated heterocycles. The van der Waals surface area contributed by atoms with E-state index in [9.17, 15) is 0 Å². The molecule has 30 heavy (non-hydrogen) atoms. The van der Waals surface area contributed by atoms with Crippen molar-refractivity contribution in [3.63, 3.8) is 0 Å². The minimum absolute atomic E-state index is 0. The molecule has 0 atom stereocenters. The predicted octanol–water partition coefficient (Wildman–Crippen LogP) is 1.25. The van der Waals surface area contributed by atoms with Crippen LogP contribution >= 0.6 is 11.8 Å². The van der Waals surface area contributed by atoms with Crippen molar-refractivity contribution in [3.8, 4) is 0 Å². The summed E-state index contributed by atoms with van der Waals surface area (Å²) in [5.74, 6) is 0. The number of nitrogens with zero attached hydrogens (tertiary/aromatic N) is 3. The van der Waals surface area contributed by atoms with Crippen LogP contribution in [0, 0.1) is 13.8 Å². The molecule has 0 N–H and O–H groups in total. The zero-order valence-corrected chi connectivity index (χ0v) is 21.2. The summed E-state index contributed by atoms with van der Waals surface area (Å²) in [5.41, 5.74) is 5.29. The normalized spacial score (nSPS) is 17.8. The third-order valence-corrected chi connectivity index (χ3v) is 6.92. The highest BCUT2D eigenvalue weighted by atomic mass is 127. The average Bonchev–Trinajstić information content (AvgIpc) is 3.07. The van der Waals surface area contributed by atoms with Gasteiger partial charge in [-0.3, -0.25) is 4.90 Å². The lowest BCUT2D eigenvalue weighted by Crippen LogP contribution is -3.00. The van der Waals surface area contributed by atoms with Gasteiger partial charge in [-0.05, 0) is 30.7 Å². The van der Waals surface area contributed by atoms with Crippen molar-refractivity contribution in [1.29, 1.82) is 0 Å². The zero-order chi connectivity index (χ0) is 20.2. The van der Waals surface area contributed by atoms with E-state index < -0.39 is 0 Å². The molecular formula is C24H32IN3OS. The molecule has 2 aromatic rings. The lowest BCUT2D eigenvalue weighted by molar-refractivity contribution is -0.708. The molecule has 162 valence electrons. The van der Waals surface area contributed by atoms with E-state index in [0.29, 0.717) is 0 Å². The number of halogens is 1. The molecule has 1 aromatic heterocycles. The standard InChI is InChI=1S/C24H32N3OS.HI/c1-4-26-22-8-5-6-9-23(22)29-24(26)18-21-16-19(2)27(20(3)17-21)11-7-10-25-12-14-28-15-13-25;/h5-6,8-9,16-18H,4,7,10-15H2,1-3H3;1H/q+1;/p-1. The number of ether oxygens (including phenoxy) is 1. The number of morpholine rings is 1. The van der Waals surface area contributed by atoms with Gasteiger partial charge in [0.15, 0.2) is 11.4 Å². The molecular weight excluding hydrogens is 505 g/mol. The van der Waals surface area contributed by atoms with Crippen LogP contribution in [0.5, 0.6) is 0 Å². The number of anilines is 1. The number of hydrogen-bond acceptors (Lipinski definition) is 4. The smallest absolute Gasteiger partial charge is 0.179 e. The molecule has 4 rings (SSSR count). The minimum Gasteiger partial charge on any atom is -1.00 e. The molecule has 0 bridgehead atoms. The summed E-state index contributed by atoms with van der Waals surface area (Å²) in [6.45, 7) is 13.8. The summed E-state index contributed by atoms with van der Waals surface area (Å²) >= 11 is 1.87. The molecule has 0 spiro atoms. The number of benzene rings is 1. The first-order valence-corrected chi connectivity index (χ1v) is 11.5. The Labute approximate surface area is 202 Å². The molecule has 6 heteroatoms. The predicted molar refractivity (Wildman–Crippen MR) is 121 cm³/mol. The number of fused-ring (bicyclic) bond motifs is 1. The first-order chi connectivity index (χ1) is 14.2. The van der Waals surface area contributed by atoms with E-state index in [0.717, 1.165) is 45.9 Å². The Bertz CT molecular complexity index is 873. The number of thioether (sulfide) groups is 1. The topological polar surface area (TPSA) is 19.6 Å². The van der Waals surface area contributed by atoms with Crippen LogP contribution in [0.3, 0.4) is 0 Å². The number of rotatable bonds is 6. The van der Waals surface area contributed by atoms with Crippen LogP contribution in [-0.4, -0.2) is 44.3 Å². The van der Waals surface area contributed by atoms with Crippen molar-refractivity contribution in [2.45, 2.75) is 38.6 Å².